The maximum atomic E-state index is 5.78. The molecule has 2 unspecified atom stereocenters. The molecule has 4 nitrogen and oxygen atoms in total. The van der Waals surface area contributed by atoms with Gasteiger partial charge in [-0.05, 0) is 45.4 Å². The lowest BCUT2D eigenvalue weighted by atomic mass is 10.1. The van der Waals surface area contributed by atoms with Gasteiger partial charge in [-0.3, -0.25) is 4.99 Å². The van der Waals surface area contributed by atoms with E-state index in [1.165, 1.54) is 19.3 Å². The van der Waals surface area contributed by atoms with Gasteiger partial charge in [0.2, 0.25) is 0 Å². The molecule has 0 aliphatic carbocycles. The highest BCUT2D eigenvalue weighted by Gasteiger charge is 2.12. The molecular weight excluding hydrogens is 214 g/mol. The van der Waals surface area contributed by atoms with Gasteiger partial charge in [-0.15, -0.1) is 0 Å². The van der Waals surface area contributed by atoms with Crippen LogP contribution in [0.5, 0.6) is 0 Å². The first-order chi connectivity index (χ1) is 8.22. The highest BCUT2D eigenvalue weighted by molar-refractivity contribution is 5.78. The van der Waals surface area contributed by atoms with Gasteiger partial charge in [0.25, 0.3) is 0 Å². The largest absolute Gasteiger partial charge is 0.378 e. The third kappa shape index (κ3) is 6.51. The van der Waals surface area contributed by atoms with Gasteiger partial charge >= 0.3 is 0 Å². The van der Waals surface area contributed by atoms with E-state index in [1.54, 1.807) is 0 Å². The van der Waals surface area contributed by atoms with Gasteiger partial charge in [0.15, 0.2) is 5.96 Å². The molecule has 1 fully saturated rings. The van der Waals surface area contributed by atoms with Crippen LogP contribution in [0.4, 0.5) is 0 Å². The monoisotopic (exact) mass is 241 g/mol. The van der Waals surface area contributed by atoms with Gasteiger partial charge in [-0.2, -0.15) is 0 Å². The van der Waals surface area contributed by atoms with Crippen LogP contribution in [-0.4, -0.2) is 31.3 Å². The second kappa shape index (κ2) is 8.34. The van der Waals surface area contributed by atoms with Crippen molar-refractivity contribution in [2.75, 3.05) is 13.2 Å². The summed E-state index contributed by atoms with van der Waals surface area (Å²) in [5.41, 5.74) is 5.78. The Morgan fingerprint density at radius 2 is 2.35 bits per heavy atom. The summed E-state index contributed by atoms with van der Waals surface area (Å²) in [5, 5.41) is 3.16. The molecule has 0 spiro atoms. The zero-order chi connectivity index (χ0) is 12.5. The van der Waals surface area contributed by atoms with E-state index in [0.717, 1.165) is 32.4 Å². The third-order valence-electron chi connectivity index (χ3n) is 3.25. The molecule has 0 aromatic carbocycles. The summed E-state index contributed by atoms with van der Waals surface area (Å²) in [6, 6.07) is 0.403. The van der Waals surface area contributed by atoms with Crippen molar-refractivity contribution in [3.63, 3.8) is 0 Å². The summed E-state index contributed by atoms with van der Waals surface area (Å²) in [4.78, 5) is 4.32. The number of guanidine groups is 1. The Bertz CT molecular complexity index is 225. The first-order valence-electron chi connectivity index (χ1n) is 6.90. The van der Waals surface area contributed by atoms with E-state index in [0.29, 0.717) is 18.1 Å². The van der Waals surface area contributed by atoms with E-state index >= 15 is 0 Å². The molecule has 2 atom stereocenters. The predicted molar refractivity (Wildman–Crippen MR) is 72.2 cm³/mol. The fourth-order valence-electron chi connectivity index (χ4n) is 1.95. The lowest BCUT2D eigenvalue weighted by Crippen LogP contribution is -2.38. The summed E-state index contributed by atoms with van der Waals surface area (Å²) in [6.07, 6.45) is 7.44. The lowest BCUT2D eigenvalue weighted by molar-refractivity contribution is 0.0105. The van der Waals surface area contributed by atoms with Crippen LogP contribution < -0.4 is 11.1 Å². The zero-order valence-electron chi connectivity index (χ0n) is 11.2. The van der Waals surface area contributed by atoms with Crippen LogP contribution in [0.15, 0.2) is 4.99 Å². The van der Waals surface area contributed by atoms with Crippen LogP contribution in [0, 0.1) is 0 Å². The maximum absolute atomic E-state index is 5.78. The summed E-state index contributed by atoms with van der Waals surface area (Å²) in [5.74, 6) is 0.573. The third-order valence-corrected chi connectivity index (χ3v) is 3.25. The van der Waals surface area contributed by atoms with Crippen LogP contribution in [0.1, 0.15) is 52.4 Å². The number of hydrogen-bond donors (Lipinski definition) is 2. The Labute approximate surface area is 105 Å². The SMILES string of the molecule is CCC(C)NC(N)=NCCCC1CCCCO1. The Morgan fingerprint density at radius 3 is 3.00 bits per heavy atom. The highest BCUT2D eigenvalue weighted by atomic mass is 16.5. The molecule has 0 bridgehead atoms. The summed E-state index contributed by atoms with van der Waals surface area (Å²) in [7, 11) is 0. The molecule has 100 valence electrons. The van der Waals surface area contributed by atoms with Crippen molar-refractivity contribution in [1.29, 1.82) is 0 Å². The number of rotatable bonds is 6. The molecule has 1 rings (SSSR count). The van der Waals surface area contributed by atoms with E-state index in [1.807, 2.05) is 0 Å². The number of nitrogens with zero attached hydrogens (tertiary/aromatic N) is 1. The van der Waals surface area contributed by atoms with Crippen LogP contribution in [-0.2, 0) is 4.74 Å². The van der Waals surface area contributed by atoms with Crippen LogP contribution >= 0.6 is 0 Å². The lowest BCUT2D eigenvalue weighted by Gasteiger charge is -2.22. The van der Waals surface area contributed by atoms with Gasteiger partial charge in [0.05, 0.1) is 6.10 Å². The number of nitrogens with two attached hydrogens (primary N) is 1. The van der Waals surface area contributed by atoms with Crippen LogP contribution in [0.2, 0.25) is 0 Å². The van der Waals surface area contributed by atoms with Crippen LogP contribution in [0.25, 0.3) is 0 Å². The average Bonchev–Trinajstić information content (AvgIpc) is 2.36. The molecular formula is C13H27N3O. The Kier molecular flexibility index (Phi) is 7.01. The zero-order valence-corrected chi connectivity index (χ0v) is 11.2. The fourth-order valence-corrected chi connectivity index (χ4v) is 1.95. The van der Waals surface area contributed by atoms with Gasteiger partial charge in [-0.1, -0.05) is 6.92 Å². The Balaban J connectivity index is 2.07. The molecule has 0 aromatic heterocycles. The van der Waals surface area contributed by atoms with Gasteiger partial charge in [-0.25, -0.2) is 0 Å². The molecule has 1 aliphatic rings. The molecule has 0 aromatic rings. The van der Waals surface area contributed by atoms with Crippen molar-refractivity contribution in [2.45, 2.75) is 64.5 Å². The van der Waals surface area contributed by atoms with Crippen molar-refractivity contribution in [3.05, 3.63) is 0 Å². The minimum atomic E-state index is 0.403. The molecule has 4 heteroatoms. The van der Waals surface area contributed by atoms with Gasteiger partial charge < -0.3 is 15.8 Å². The number of ether oxygens (including phenoxy) is 1. The quantitative estimate of drug-likeness (QED) is 0.425. The van der Waals surface area contributed by atoms with Gasteiger partial charge in [0.1, 0.15) is 0 Å². The minimum Gasteiger partial charge on any atom is -0.378 e. The summed E-state index contributed by atoms with van der Waals surface area (Å²) >= 11 is 0. The van der Waals surface area contributed by atoms with Crippen molar-refractivity contribution in [1.82, 2.24) is 5.32 Å². The molecule has 1 saturated heterocycles. The van der Waals surface area contributed by atoms with Crippen molar-refractivity contribution in [2.24, 2.45) is 10.7 Å². The minimum absolute atomic E-state index is 0.403. The summed E-state index contributed by atoms with van der Waals surface area (Å²) in [6.45, 7) is 5.98. The number of hydrogen-bond acceptors (Lipinski definition) is 2. The second-order valence-corrected chi connectivity index (χ2v) is 4.85. The molecule has 1 aliphatic heterocycles. The molecule has 3 N–H and O–H groups in total. The van der Waals surface area contributed by atoms with E-state index in [2.05, 4.69) is 24.2 Å². The summed E-state index contributed by atoms with van der Waals surface area (Å²) < 4.78 is 5.67. The molecule has 17 heavy (non-hydrogen) atoms. The Morgan fingerprint density at radius 1 is 1.53 bits per heavy atom. The second-order valence-electron chi connectivity index (χ2n) is 4.85. The van der Waals surface area contributed by atoms with E-state index < -0.39 is 0 Å². The van der Waals surface area contributed by atoms with Crippen molar-refractivity contribution >= 4 is 5.96 Å². The normalized spacial score (nSPS) is 23.4. The first-order valence-corrected chi connectivity index (χ1v) is 6.90. The average molecular weight is 241 g/mol. The molecule has 0 radical (unpaired) electrons. The smallest absolute Gasteiger partial charge is 0.188 e. The van der Waals surface area contributed by atoms with E-state index in [-0.39, 0.29) is 0 Å². The molecule has 0 saturated carbocycles. The fraction of sp³-hybridized carbons (Fsp3) is 0.923. The van der Waals surface area contributed by atoms with Crippen molar-refractivity contribution in [3.8, 4) is 0 Å². The van der Waals surface area contributed by atoms with E-state index in [9.17, 15) is 0 Å². The first kappa shape index (κ1) is 14.3. The highest BCUT2D eigenvalue weighted by Crippen LogP contribution is 2.16. The molecule has 0 amide bonds. The number of nitrogens with one attached hydrogen (secondary N) is 1. The number of aliphatic imine (C=N–C) groups is 1. The Hall–Kier alpha value is -0.770. The van der Waals surface area contributed by atoms with Gasteiger partial charge in [0, 0.05) is 19.2 Å². The maximum Gasteiger partial charge on any atom is 0.188 e. The van der Waals surface area contributed by atoms with Crippen molar-refractivity contribution < 1.29 is 4.74 Å². The van der Waals surface area contributed by atoms with Crippen LogP contribution in [0.3, 0.4) is 0 Å². The standard InChI is InChI=1S/C13H27N3O/c1-3-11(2)16-13(14)15-9-6-8-12-7-4-5-10-17-12/h11-12H,3-10H2,1-2H3,(H3,14,15,16). The topological polar surface area (TPSA) is 59.6 Å². The molecule has 1 heterocycles. The van der Waals surface area contributed by atoms with E-state index in [4.69, 9.17) is 10.5 Å². The predicted octanol–water partition coefficient (Wildman–Crippen LogP) is 2.04.